The molecule has 1 heterocycles. The highest BCUT2D eigenvalue weighted by atomic mass is 32.1. The summed E-state index contributed by atoms with van der Waals surface area (Å²) in [6.07, 6.45) is -3.49. The lowest BCUT2D eigenvalue weighted by Gasteiger charge is -2.04. The van der Waals surface area contributed by atoms with Crippen LogP contribution in [0.25, 0.3) is 10.2 Å². The molecule has 0 saturated carbocycles. The lowest BCUT2D eigenvalue weighted by atomic mass is 10.1. The molecule has 0 unspecified atom stereocenters. The highest BCUT2D eigenvalue weighted by Gasteiger charge is 2.30. The van der Waals surface area contributed by atoms with E-state index in [1.54, 1.807) is 0 Å². The van der Waals surface area contributed by atoms with Gasteiger partial charge in [-0.25, -0.2) is 4.98 Å². The SMILES string of the molecule is CC(C)Cc1nc2cc(C(F)(F)F)ccc2s1. The van der Waals surface area contributed by atoms with Crippen molar-refractivity contribution in [3.63, 3.8) is 0 Å². The number of nitrogens with zero attached hydrogens (tertiary/aromatic N) is 1. The van der Waals surface area contributed by atoms with E-state index >= 15 is 0 Å². The minimum atomic E-state index is -4.30. The summed E-state index contributed by atoms with van der Waals surface area (Å²) in [4.78, 5) is 4.25. The minimum absolute atomic E-state index is 0.445. The maximum atomic E-state index is 12.5. The van der Waals surface area contributed by atoms with Crippen LogP contribution in [0.4, 0.5) is 13.2 Å². The van der Waals surface area contributed by atoms with Crippen molar-refractivity contribution in [2.45, 2.75) is 26.4 Å². The van der Waals surface area contributed by atoms with Crippen molar-refractivity contribution in [2.75, 3.05) is 0 Å². The Morgan fingerprint density at radius 1 is 1.29 bits per heavy atom. The Hall–Kier alpha value is -1.10. The van der Waals surface area contributed by atoms with Crippen LogP contribution in [0, 0.1) is 5.92 Å². The lowest BCUT2D eigenvalue weighted by molar-refractivity contribution is -0.137. The Balaban J connectivity index is 2.41. The predicted octanol–water partition coefficient (Wildman–Crippen LogP) is 4.51. The summed E-state index contributed by atoms with van der Waals surface area (Å²) >= 11 is 1.47. The molecule has 0 aliphatic rings. The first-order valence-electron chi connectivity index (χ1n) is 5.33. The Morgan fingerprint density at radius 2 is 2.00 bits per heavy atom. The molecule has 2 rings (SSSR count). The molecule has 17 heavy (non-hydrogen) atoms. The van der Waals surface area contributed by atoms with Gasteiger partial charge in [-0.15, -0.1) is 11.3 Å². The summed E-state index contributed by atoms with van der Waals surface area (Å²) in [5.41, 5.74) is -0.188. The van der Waals surface area contributed by atoms with Crippen molar-refractivity contribution >= 4 is 21.6 Å². The number of hydrogen-bond acceptors (Lipinski definition) is 2. The van der Waals surface area contributed by atoms with Crippen LogP contribution >= 0.6 is 11.3 Å². The number of rotatable bonds is 2. The van der Waals surface area contributed by atoms with Gasteiger partial charge in [0.25, 0.3) is 0 Å². The first-order chi connectivity index (χ1) is 7.86. The van der Waals surface area contributed by atoms with Crippen molar-refractivity contribution in [3.05, 3.63) is 28.8 Å². The molecule has 0 amide bonds. The summed E-state index contributed by atoms with van der Waals surface area (Å²) in [5, 5.41) is 0.898. The maximum Gasteiger partial charge on any atom is 0.416 e. The fourth-order valence-corrected chi connectivity index (χ4v) is 2.75. The van der Waals surface area contributed by atoms with Crippen molar-refractivity contribution < 1.29 is 13.2 Å². The van der Waals surface area contributed by atoms with Crippen molar-refractivity contribution in [2.24, 2.45) is 5.92 Å². The van der Waals surface area contributed by atoms with E-state index in [2.05, 4.69) is 18.8 Å². The molecule has 1 nitrogen and oxygen atoms in total. The zero-order valence-corrected chi connectivity index (χ0v) is 10.3. The van der Waals surface area contributed by atoms with E-state index in [0.717, 1.165) is 28.3 Å². The standard InChI is InChI=1S/C12H12F3NS/c1-7(2)5-11-16-9-6-8(12(13,14)15)3-4-10(9)17-11/h3-4,6-7H,5H2,1-2H3. The van der Waals surface area contributed by atoms with Crippen LogP contribution in [-0.2, 0) is 12.6 Å². The number of halogens is 3. The van der Waals surface area contributed by atoms with Gasteiger partial charge in [-0.05, 0) is 24.1 Å². The molecule has 0 aliphatic carbocycles. The van der Waals surface area contributed by atoms with E-state index in [4.69, 9.17) is 0 Å². The number of alkyl halides is 3. The molecule has 0 spiro atoms. The third-order valence-corrected chi connectivity index (χ3v) is 3.40. The Labute approximate surface area is 101 Å². The van der Waals surface area contributed by atoms with Gasteiger partial charge in [0.15, 0.2) is 0 Å². The van der Waals surface area contributed by atoms with Crippen LogP contribution in [0.5, 0.6) is 0 Å². The summed E-state index contributed by atoms with van der Waals surface area (Å²) in [7, 11) is 0. The monoisotopic (exact) mass is 259 g/mol. The predicted molar refractivity (Wildman–Crippen MR) is 63.2 cm³/mol. The molecular formula is C12H12F3NS. The van der Waals surface area contributed by atoms with E-state index in [-0.39, 0.29) is 0 Å². The Morgan fingerprint density at radius 3 is 2.59 bits per heavy atom. The molecule has 1 aromatic carbocycles. The number of fused-ring (bicyclic) bond motifs is 1. The average Bonchev–Trinajstić information content (AvgIpc) is 2.55. The van der Waals surface area contributed by atoms with Gasteiger partial charge in [0, 0.05) is 6.42 Å². The van der Waals surface area contributed by atoms with Crippen LogP contribution in [-0.4, -0.2) is 4.98 Å². The molecule has 2 aromatic rings. The van der Waals surface area contributed by atoms with E-state index < -0.39 is 11.7 Å². The molecule has 0 bridgehead atoms. The number of aromatic nitrogens is 1. The maximum absolute atomic E-state index is 12.5. The third kappa shape index (κ3) is 2.77. The summed E-state index contributed by atoms with van der Waals surface area (Å²) < 4.78 is 38.3. The first-order valence-corrected chi connectivity index (χ1v) is 6.14. The molecule has 0 aliphatic heterocycles. The van der Waals surface area contributed by atoms with E-state index in [1.165, 1.54) is 17.4 Å². The van der Waals surface area contributed by atoms with Crippen LogP contribution in [0.15, 0.2) is 18.2 Å². The largest absolute Gasteiger partial charge is 0.416 e. The summed E-state index contributed by atoms with van der Waals surface area (Å²) in [6.45, 7) is 4.13. The zero-order chi connectivity index (χ0) is 12.6. The minimum Gasteiger partial charge on any atom is -0.241 e. The van der Waals surface area contributed by atoms with Gasteiger partial charge < -0.3 is 0 Å². The molecule has 1 aromatic heterocycles. The van der Waals surface area contributed by atoms with Gasteiger partial charge in [-0.3, -0.25) is 0 Å². The molecule has 0 fully saturated rings. The summed E-state index contributed by atoms with van der Waals surface area (Å²) in [5.74, 6) is 0.456. The molecule has 5 heteroatoms. The van der Waals surface area contributed by atoms with Gasteiger partial charge in [-0.1, -0.05) is 13.8 Å². The van der Waals surface area contributed by atoms with Crippen LogP contribution < -0.4 is 0 Å². The second-order valence-electron chi connectivity index (χ2n) is 4.39. The van der Waals surface area contributed by atoms with Crippen molar-refractivity contribution in [1.82, 2.24) is 4.98 Å². The molecular weight excluding hydrogens is 247 g/mol. The first kappa shape index (κ1) is 12.4. The number of benzene rings is 1. The van der Waals surface area contributed by atoms with Gasteiger partial charge in [-0.2, -0.15) is 13.2 Å². The van der Waals surface area contributed by atoms with Crippen LogP contribution in [0.3, 0.4) is 0 Å². The van der Waals surface area contributed by atoms with E-state index in [0.29, 0.717) is 11.4 Å². The van der Waals surface area contributed by atoms with Crippen molar-refractivity contribution in [1.29, 1.82) is 0 Å². The van der Waals surface area contributed by atoms with Crippen LogP contribution in [0.2, 0.25) is 0 Å². The number of thiazole rings is 1. The van der Waals surface area contributed by atoms with Crippen LogP contribution in [0.1, 0.15) is 24.4 Å². The Bertz CT molecular complexity index is 528. The molecule has 0 saturated heterocycles. The molecule has 92 valence electrons. The average molecular weight is 259 g/mol. The highest BCUT2D eigenvalue weighted by molar-refractivity contribution is 7.18. The highest BCUT2D eigenvalue weighted by Crippen LogP contribution is 2.33. The molecule has 0 radical (unpaired) electrons. The second kappa shape index (κ2) is 4.29. The number of hydrogen-bond donors (Lipinski definition) is 0. The quantitative estimate of drug-likeness (QED) is 0.773. The topological polar surface area (TPSA) is 12.9 Å². The second-order valence-corrected chi connectivity index (χ2v) is 5.50. The van der Waals surface area contributed by atoms with Gasteiger partial charge >= 0.3 is 6.18 Å². The fourth-order valence-electron chi connectivity index (χ4n) is 1.59. The summed E-state index contributed by atoms with van der Waals surface area (Å²) in [6, 6.07) is 3.73. The van der Waals surface area contributed by atoms with Crippen molar-refractivity contribution in [3.8, 4) is 0 Å². The van der Waals surface area contributed by atoms with E-state index in [9.17, 15) is 13.2 Å². The normalized spacial score (nSPS) is 12.6. The Kier molecular flexibility index (Phi) is 3.12. The lowest BCUT2D eigenvalue weighted by Crippen LogP contribution is -2.03. The van der Waals surface area contributed by atoms with E-state index in [1.807, 2.05) is 0 Å². The van der Waals surface area contributed by atoms with Gasteiger partial charge in [0.05, 0.1) is 20.8 Å². The molecule has 0 N–H and O–H groups in total. The fraction of sp³-hybridized carbons (Fsp3) is 0.417. The third-order valence-electron chi connectivity index (χ3n) is 2.34. The smallest absolute Gasteiger partial charge is 0.241 e. The van der Waals surface area contributed by atoms with Gasteiger partial charge in [0.2, 0.25) is 0 Å². The molecule has 0 atom stereocenters. The zero-order valence-electron chi connectivity index (χ0n) is 9.51. The van der Waals surface area contributed by atoms with Gasteiger partial charge in [0.1, 0.15) is 0 Å².